The number of carbonyl (C=O) groups is 2. The van der Waals surface area contributed by atoms with Crippen LogP contribution in [-0.2, 0) is 11.0 Å². The molecule has 0 saturated carbocycles. The summed E-state index contributed by atoms with van der Waals surface area (Å²) >= 11 is 1.25. The lowest BCUT2D eigenvalue weighted by atomic mass is 9.84. The molecule has 1 aliphatic rings. The maximum Gasteiger partial charge on any atom is 0.433 e. The number of nitrogens with zero attached hydrogens (tertiary/aromatic N) is 3. The molecule has 0 bridgehead atoms. The minimum absolute atomic E-state index is 0.0283. The van der Waals surface area contributed by atoms with Gasteiger partial charge in [-0.25, -0.2) is 9.97 Å². The van der Waals surface area contributed by atoms with Gasteiger partial charge in [0.15, 0.2) is 5.13 Å². The highest BCUT2D eigenvalue weighted by atomic mass is 32.1. The fourth-order valence-electron chi connectivity index (χ4n) is 2.73. The molecule has 0 aliphatic carbocycles. The molecular weight excluding hydrogens is 369 g/mol. The first kappa shape index (κ1) is 18.3. The second-order valence-corrected chi connectivity index (χ2v) is 6.99. The number of amides is 2. The first-order chi connectivity index (χ1) is 12.1. The first-order valence-electron chi connectivity index (χ1n) is 7.71. The second-order valence-electron chi connectivity index (χ2n) is 6.10. The number of rotatable bonds is 3. The molecule has 6 nitrogen and oxygen atoms in total. The Balaban J connectivity index is 1.80. The Hall–Kier alpha value is -2.49. The van der Waals surface area contributed by atoms with Crippen molar-refractivity contribution in [1.82, 2.24) is 14.9 Å². The Morgan fingerprint density at radius 3 is 2.58 bits per heavy atom. The quantitative estimate of drug-likeness (QED) is 0.882. The Kier molecular flexibility index (Phi) is 4.47. The number of aromatic nitrogens is 2. The molecule has 0 aromatic carbocycles. The Morgan fingerprint density at radius 2 is 2.08 bits per heavy atom. The van der Waals surface area contributed by atoms with Gasteiger partial charge in [-0.05, 0) is 32.4 Å². The van der Waals surface area contributed by atoms with E-state index >= 15 is 0 Å². The number of hydrogen-bond donors (Lipinski definition) is 1. The molecule has 26 heavy (non-hydrogen) atoms. The summed E-state index contributed by atoms with van der Waals surface area (Å²) in [5.74, 6) is -0.906. The van der Waals surface area contributed by atoms with Crippen LogP contribution in [0.1, 0.15) is 35.1 Å². The monoisotopic (exact) mass is 384 g/mol. The lowest BCUT2D eigenvalue weighted by Crippen LogP contribution is -2.66. The average Bonchev–Trinajstić information content (AvgIpc) is 3.04. The average molecular weight is 384 g/mol. The van der Waals surface area contributed by atoms with E-state index in [4.69, 9.17) is 0 Å². The van der Waals surface area contributed by atoms with E-state index in [0.29, 0.717) is 18.1 Å². The van der Waals surface area contributed by atoms with Crippen LogP contribution in [0.4, 0.5) is 18.3 Å². The molecule has 1 unspecified atom stereocenters. The van der Waals surface area contributed by atoms with Gasteiger partial charge in [0.05, 0.1) is 11.3 Å². The fraction of sp³-hybridized carbons (Fsp3) is 0.375. The van der Waals surface area contributed by atoms with Crippen LogP contribution in [0, 0.1) is 6.92 Å². The number of aryl methyl sites for hydroxylation is 1. The molecule has 1 N–H and O–H groups in total. The van der Waals surface area contributed by atoms with E-state index in [1.54, 1.807) is 18.5 Å². The maximum atomic E-state index is 12.7. The molecule has 0 radical (unpaired) electrons. The third kappa shape index (κ3) is 3.16. The number of hydrogen-bond acceptors (Lipinski definition) is 5. The molecule has 2 aromatic rings. The van der Waals surface area contributed by atoms with Gasteiger partial charge in [0.2, 0.25) is 0 Å². The second kappa shape index (κ2) is 6.35. The first-order valence-corrected chi connectivity index (χ1v) is 8.58. The molecule has 3 heterocycles. The highest BCUT2D eigenvalue weighted by Crippen LogP contribution is 2.34. The summed E-state index contributed by atoms with van der Waals surface area (Å²) in [7, 11) is 0. The number of thiazole rings is 1. The van der Waals surface area contributed by atoms with E-state index < -0.39 is 23.3 Å². The van der Waals surface area contributed by atoms with Crippen LogP contribution in [0.2, 0.25) is 0 Å². The maximum absolute atomic E-state index is 12.7. The zero-order valence-electron chi connectivity index (χ0n) is 13.9. The molecule has 3 rings (SSSR count). The largest absolute Gasteiger partial charge is 0.433 e. The van der Waals surface area contributed by atoms with E-state index in [9.17, 15) is 22.8 Å². The zero-order chi connectivity index (χ0) is 19.1. The van der Waals surface area contributed by atoms with Gasteiger partial charge in [0, 0.05) is 18.1 Å². The highest BCUT2D eigenvalue weighted by Gasteiger charge is 2.50. The molecule has 2 amide bonds. The predicted octanol–water partition coefficient (Wildman–Crippen LogP) is 3.11. The van der Waals surface area contributed by atoms with Crippen molar-refractivity contribution in [3.05, 3.63) is 40.7 Å². The lowest BCUT2D eigenvalue weighted by molar-refractivity contribution is -0.141. The Labute approximate surface area is 151 Å². The summed E-state index contributed by atoms with van der Waals surface area (Å²) in [6.45, 7) is 3.29. The summed E-state index contributed by atoms with van der Waals surface area (Å²) in [4.78, 5) is 34.1. The number of nitrogens with one attached hydrogen (secondary N) is 1. The third-order valence-electron chi connectivity index (χ3n) is 4.41. The number of anilines is 1. The number of pyridine rings is 1. The molecule has 138 valence electrons. The van der Waals surface area contributed by atoms with Gasteiger partial charge in [0.1, 0.15) is 11.2 Å². The van der Waals surface area contributed by atoms with Gasteiger partial charge >= 0.3 is 6.18 Å². The number of likely N-dealkylation sites (tertiary alicyclic amines) is 1. The van der Waals surface area contributed by atoms with Crippen molar-refractivity contribution in [2.24, 2.45) is 0 Å². The van der Waals surface area contributed by atoms with Crippen molar-refractivity contribution >= 4 is 28.3 Å². The van der Waals surface area contributed by atoms with Crippen LogP contribution in [0.3, 0.4) is 0 Å². The number of halogens is 3. The molecule has 1 atom stereocenters. The summed E-state index contributed by atoms with van der Waals surface area (Å²) in [6.07, 6.45) is -2.59. The smallest absolute Gasteiger partial charge is 0.324 e. The molecule has 0 spiro atoms. The Morgan fingerprint density at radius 1 is 1.35 bits per heavy atom. The molecule has 10 heteroatoms. The van der Waals surface area contributed by atoms with Gasteiger partial charge in [-0.1, -0.05) is 0 Å². The van der Waals surface area contributed by atoms with E-state index in [0.717, 1.165) is 12.1 Å². The van der Waals surface area contributed by atoms with Crippen molar-refractivity contribution in [3.8, 4) is 0 Å². The van der Waals surface area contributed by atoms with Crippen molar-refractivity contribution in [2.45, 2.75) is 32.0 Å². The number of alkyl halides is 3. The molecule has 1 saturated heterocycles. The standard InChI is InChI=1S/C16H15F3N4O2S/c1-9-10(3-4-11(21-9)16(17,18)19)12(24)23-7-5-15(23,2)13(25)22-14-20-6-8-26-14/h3-4,6,8H,5,7H2,1-2H3,(H,20,22,25). The molecule has 2 aromatic heterocycles. The van der Waals surface area contributed by atoms with Crippen LogP contribution in [-0.4, -0.2) is 38.8 Å². The lowest BCUT2D eigenvalue weighted by Gasteiger charge is -2.49. The summed E-state index contributed by atoms with van der Waals surface area (Å²) < 4.78 is 38.2. The van der Waals surface area contributed by atoms with Gasteiger partial charge in [-0.3, -0.25) is 14.9 Å². The zero-order valence-corrected chi connectivity index (χ0v) is 14.7. The SMILES string of the molecule is Cc1nc(C(F)(F)F)ccc1C(=O)N1CCC1(C)C(=O)Nc1nccs1. The summed E-state index contributed by atoms with van der Waals surface area (Å²) in [6, 6.07) is 1.87. The predicted molar refractivity (Wildman–Crippen MR) is 88.8 cm³/mol. The summed E-state index contributed by atoms with van der Waals surface area (Å²) in [5, 5.41) is 4.78. The van der Waals surface area contributed by atoms with E-state index in [2.05, 4.69) is 15.3 Å². The van der Waals surface area contributed by atoms with E-state index in [1.807, 2.05) is 0 Å². The van der Waals surface area contributed by atoms with Crippen LogP contribution in [0.25, 0.3) is 0 Å². The van der Waals surface area contributed by atoms with Crippen LogP contribution < -0.4 is 5.32 Å². The Bertz CT molecular complexity index is 854. The van der Waals surface area contributed by atoms with Crippen LogP contribution in [0.5, 0.6) is 0 Å². The van der Waals surface area contributed by atoms with E-state index in [-0.39, 0.29) is 17.2 Å². The van der Waals surface area contributed by atoms with Gasteiger partial charge in [-0.2, -0.15) is 13.2 Å². The minimum Gasteiger partial charge on any atom is -0.324 e. The third-order valence-corrected chi connectivity index (χ3v) is 5.10. The normalized spacial score (nSPS) is 19.8. The minimum atomic E-state index is -4.58. The molecular formula is C16H15F3N4O2S. The van der Waals surface area contributed by atoms with Crippen LogP contribution in [0.15, 0.2) is 23.7 Å². The molecule has 1 aliphatic heterocycles. The van der Waals surface area contributed by atoms with E-state index in [1.165, 1.54) is 23.2 Å². The fourth-order valence-corrected chi connectivity index (χ4v) is 3.25. The van der Waals surface area contributed by atoms with Crippen molar-refractivity contribution < 1.29 is 22.8 Å². The van der Waals surface area contributed by atoms with Crippen LogP contribution >= 0.6 is 11.3 Å². The molecule has 1 fully saturated rings. The van der Waals surface area contributed by atoms with Crippen molar-refractivity contribution in [1.29, 1.82) is 0 Å². The van der Waals surface area contributed by atoms with Gasteiger partial charge in [-0.15, -0.1) is 11.3 Å². The van der Waals surface area contributed by atoms with Gasteiger partial charge < -0.3 is 4.90 Å². The topological polar surface area (TPSA) is 75.2 Å². The summed E-state index contributed by atoms with van der Waals surface area (Å²) in [5.41, 5.74) is -2.12. The number of carbonyl (C=O) groups excluding carboxylic acids is 2. The highest BCUT2D eigenvalue weighted by molar-refractivity contribution is 7.13. The van der Waals surface area contributed by atoms with Crippen molar-refractivity contribution in [3.63, 3.8) is 0 Å². The van der Waals surface area contributed by atoms with Crippen molar-refractivity contribution in [2.75, 3.05) is 11.9 Å². The van der Waals surface area contributed by atoms with Gasteiger partial charge in [0.25, 0.3) is 11.8 Å².